The van der Waals surface area contributed by atoms with E-state index in [9.17, 15) is 18.0 Å². The third kappa shape index (κ3) is 8.25. The second kappa shape index (κ2) is 12.4. The van der Waals surface area contributed by atoms with Crippen molar-refractivity contribution in [1.29, 1.82) is 0 Å². The molecule has 0 fully saturated rings. The van der Waals surface area contributed by atoms with Crippen LogP contribution in [0.15, 0.2) is 42.5 Å². The third-order valence-electron chi connectivity index (χ3n) is 5.66. The highest BCUT2D eigenvalue weighted by Crippen LogP contribution is 2.27. The van der Waals surface area contributed by atoms with Crippen molar-refractivity contribution in [2.24, 2.45) is 5.92 Å². The monoisotopic (exact) mass is 521 g/mol. The minimum absolute atomic E-state index is 0.179. The molecule has 1 N–H and O–H groups in total. The zero-order chi connectivity index (χ0) is 26.3. The van der Waals surface area contributed by atoms with Gasteiger partial charge in [-0.15, -0.1) is 0 Å². The Morgan fingerprint density at radius 1 is 1.06 bits per heavy atom. The van der Waals surface area contributed by atoms with E-state index in [-0.39, 0.29) is 18.4 Å². The Kier molecular flexibility index (Phi) is 10.2. The maximum atomic E-state index is 13.7. The van der Waals surface area contributed by atoms with Gasteiger partial charge in [-0.05, 0) is 49.4 Å². The molecule has 35 heavy (non-hydrogen) atoms. The molecule has 2 aromatic rings. The van der Waals surface area contributed by atoms with Crippen LogP contribution in [-0.2, 0) is 26.2 Å². The standard InChI is InChI=1S/C26H36ClN3O4S/c1-7-23(26(32)28-15-18(2)3)29(16-21-11-8-19(4)9-12-21)25(31)17-30(35(6,33)34)24-14-22(27)13-10-20(24)5/h8-14,18,23H,7,15-17H2,1-6H3,(H,28,32). The van der Waals surface area contributed by atoms with E-state index in [1.54, 1.807) is 19.1 Å². The maximum absolute atomic E-state index is 13.7. The van der Waals surface area contributed by atoms with Crippen LogP contribution < -0.4 is 9.62 Å². The van der Waals surface area contributed by atoms with Crippen molar-refractivity contribution in [1.82, 2.24) is 10.2 Å². The van der Waals surface area contributed by atoms with Gasteiger partial charge in [0, 0.05) is 18.1 Å². The smallest absolute Gasteiger partial charge is 0.244 e. The molecular weight excluding hydrogens is 486 g/mol. The van der Waals surface area contributed by atoms with Crippen molar-refractivity contribution in [3.05, 3.63) is 64.2 Å². The lowest BCUT2D eigenvalue weighted by molar-refractivity contribution is -0.140. The van der Waals surface area contributed by atoms with E-state index in [0.717, 1.165) is 21.7 Å². The first-order chi connectivity index (χ1) is 16.3. The Morgan fingerprint density at radius 2 is 1.69 bits per heavy atom. The van der Waals surface area contributed by atoms with Crippen LogP contribution in [0.2, 0.25) is 5.02 Å². The minimum atomic E-state index is -3.81. The van der Waals surface area contributed by atoms with Crippen LogP contribution in [0.25, 0.3) is 0 Å². The fraction of sp³-hybridized carbons (Fsp3) is 0.462. The molecule has 2 amide bonds. The summed E-state index contributed by atoms with van der Waals surface area (Å²) in [7, 11) is -3.81. The molecule has 0 saturated heterocycles. The van der Waals surface area contributed by atoms with E-state index in [2.05, 4.69) is 5.32 Å². The zero-order valence-electron chi connectivity index (χ0n) is 21.3. The molecule has 0 bridgehead atoms. The van der Waals surface area contributed by atoms with Gasteiger partial charge >= 0.3 is 0 Å². The normalized spacial score (nSPS) is 12.3. The molecule has 2 aromatic carbocycles. The lowest BCUT2D eigenvalue weighted by Gasteiger charge is -2.33. The van der Waals surface area contributed by atoms with Gasteiger partial charge in [0.2, 0.25) is 21.8 Å². The average Bonchev–Trinajstić information content (AvgIpc) is 2.78. The highest BCUT2D eigenvalue weighted by atomic mass is 35.5. The second-order valence-electron chi connectivity index (χ2n) is 9.27. The summed E-state index contributed by atoms with van der Waals surface area (Å²) in [6.45, 7) is 9.77. The van der Waals surface area contributed by atoms with Crippen LogP contribution >= 0.6 is 11.6 Å². The molecule has 7 nitrogen and oxygen atoms in total. The first kappa shape index (κ1) is 28.7. The summed E-state index contributed by atoms with van der Waals surface area (Å²) in [4.78, 5) is 28.2. The van der Waals surface area contributed by atoms with E-state index in [1.807, 2.05) is 52.0 Å². The van der Waals surface area contributed by atoms with Crippen molar-refractivity contribution < 1.29 is 18.0 Å². The number of aryl methyl sites for hydroxylation is 2. The van der Waals surface area contributed by atoms with Gasteiger partial charge in [0.1, 0.15) is 12.6 Å². The Hall–Kier alpha value is -2.58. The van der Waals surface area contributed by atoms with Crippen molar-refractivity contribution in [3.63, 3.8) is 0 Å². The summed E-state index contributed by atoms with van der Waals surface area (Å²) >= 11 is 6.14. The lowest BCUT2D eigenvalue weighted by atomic mass is 10.1. The molecule has 0 aliphatic rings. The summed E-state index contributed by atoms with van der Waals surface area (Å²) in [5.41, 5.74) is 2.93. The Bertz CT molecular complexity index is 1130. The van der Waals surface area contributed by atoms with Crippen LogP contribution in [-0.4, -0.2) is 50.5 Å². The summed E-state index contributed by atoms with van der Waals surface area (Å²) in [5.74, 6) is -0.474. The molecule has 0 heterocycles. The van der Waals surface area contributed by atoms with Gasteiger partial charge in [-0.25, -0.2) is 8.42 Å². The molecule has 0 aliphatic carbocycles. The number of carbonyl (C=O) groups is 2. The first-order valence-corrected chi connectivity index (χ1v) is 13.9. The number of sulfonamides is 1. The quantitative estimate of drug-likeness (QED) is 0.477. The summed E-state index contributed by atoms with van der Waals surface area (Å²) in [5, 5.41) is 3.28. The molecule has 0 radical (unpaired) electrons. The van der Waals surface area contributed by atoms with E-state index in [0.29, 0.717) is 29.2 Å². The highest BCUT2D eigenvalue weighted by Gasteiger charge is 2.32. The molecule has 1 atom stereocenters. The van der Waals surface area contributed by atoms with Crippen molar-refractivity contribution in [3.8, 4) is 0 Å². The third-order valence-corrected chi connectivity index (χ3v) is 7.02. The molecule has 1 unspecified atom stereocenters. The van der Waals surface area contributed by atoms with Crippen molar-refractivity contribution in [2.75, 3.05) is 23.7 Å². The molecule has 0 saturated carbocycles. The number of amides is 2. The van der Waals surface area contributed by atoms with Gasteiger partial charge < -0.3 is 10.2 Å². The molecule has 0 aliphatic heterocycles. The molecule has 2 rings (SSSR count). The lowest BCUT2D eigenvalue weighted by Crippen LogP contribution is -2.52. The molecule has 9 heteroatoms. The number of rotatable bonds is 11. The van der Waals surface area contributed by atoms with Gasteiger partial charge in [0.15, 0.2) is 0 Å². The molecule has 192 valence electrons. The Balaban J connectivity index is 2.45. The number of carbonyl (C=O) groups excluding carboxylic acids is 2. The van der Waals surface area contributed by atoms with Crippen molar-refractivity contribution in [2.45, 2.75) is 53.6 Å². The number of nitrogens with one attached hydrogen (secondary N) is 1. The first-order valence-electron chi connectivity index (χ1n) is 11.7. The zero-order valence-corrected chi connectivity index (χ0v) is 22.9. The number of benzene rings is 2. The number of nitrogens with zero attached hydrogens (tertiary/aromatic N) is 2. The SMILES string of the molecule is CCC(C(=O)NCC(C)C)N(Cc1ccc(C)cc1)C(=O)CN(c1cc(Cl)ccc1C)S(C)(=O)=O. The van der Waals surface area contributed by atoms with Crippen LogP contribution in [0.3, 0.4) is 0 Å². The van der Waals surface area contributed by atoms with Crippen molar-refractivity contribution >= 4 is 39.1 Å². The van der Waals surface area contributed by atoms with Gasteiger partial charge in [-0.2, -0.15) is 0 Å². The van der Waals surface area contributed by atoms with E-state index in [4.69, 9.17) is 11.6 Å². The highest BCUT2D eigenvalue weighted by molar-refractivity contribution is 7.92. The van der Waals surface area contributed by atoms with Gasteiger partial charge in [0.05, 0.1) is 11.9 Å². The number of anilines is 1. The molecular formula is C26H36ClN3O4S. The molecule has 0 spiro atoms. The number of halogens is 1. The van der Waals surface area contributed by atoms with Gasteiger partial charge in [0.25, 0.3) is 0 Å². The molecule has 0 aromatic heterocycles. The van der Waals surface area contributed by atoms with Crippen LogP contribution in [0.5, 0.6) is 0 Å². The summed E-state index contributed by atoms with van der Waals surface area (Å²) in [6, 6.07) is 11.9. The fourth-order valence-corrected chi connectivity index (χ4v) is 4.74. The Morgan fingerprint density at radius 3 is 2.23 bits per heavy atom. The fourth-order valence-electron chi connectivity index (χ4n) is 3.68. The maximum Gasteiger partial charge on any atom is 0.244 e. The predicted octanol–water partition coefficient (Wildman–Crippen LogP) is 4.30. The topological polar surface area (TPSA) is 86.8 Å². The largest absolute Gasteiger partial charge is 0.354 e. The van der Waals surface area contributed by atoms with Crippen LogP contribution in [0.4, 0.5) is 5.69 Å². The Labute approximate surface area is 214 Å². The number of hydrogen-bond donors (Lipinski definition) is 1. The van der Waals surface area contributed by atoms with Gasteiger partial charge in [-0.1, -0.05) is 68.3 Å². The number of hydrogen-bond acceptors (Lipinski definition) is 4. The van der Waals surface area contributed by atoms with Crippen LogP contribution in [0.1, 0.15) is 43.9 Å². The second-order valence-corrected chi connectivity index (χ2v) is 11.6. The predicted molar refractivity (Wildman–Crippen MR) is 142 cm³/mol. The average molecular weight is 522 g/mol. The van der Waals surface area contributed by atoms with E-state index < -0.39 is 28.5 Å². The summed E-state index contributed by atoms with van der Waals surface area (Å²) in [6.07, 6.45) is 1.44. The summed E-state index contributed by atoms with van der Waals surface area (Å²) < 4.78 is 26.5. The van der Waals surface area contributed by atoms with E-state index >= 15 is 0 Å². The minimum Gasteiger partial charge on any atom is -0.354 e. The van der Waals surface area contributed by atoms with E-state index in [1.165, 1.54) is 11.0 Å². The van der Waals surface area contributed by atoms with Crippen LogP contribution in [0, 0.1) is 19.8 Å². The van der Waals surface area contributed by atoms with Gasteiger partial charge in [-0.3, -0.25) is 13.9 Å².